The van der Waals surface area contributed by atoms with Gasteiger partial charge in [0.15, 0.2) is 0 Å². The predicted octanol–water partition coefficient (Wildman–Crippen LogP) is 1.15. The first-order chi connectivity index (χ1) is 6.09. The van der Waals surface area contributed by atoms with Gasteiger partial charge in [-0.05, 0) is 26.3 Å². The Kier molecular flexibility index (Phi) is 1.91. The molecule has 0 aromatic rings. The number of hydrogen-bond donors (Lipinski definition) is 1. The molecule has 13 heavy (non-hydrogen) atoms. The maximum Gasteiger partial charge on any atom is 0.101 e. The predicted molar refractivity (Wildman–Crippen MR) is 52.6 cm³/mol. The molecule has 0 aliphatic carbocycles. The molecule has 0 bridgehead atoms. The van der Waals surface area contributed by atoms with Crippen LogP contribution in [0.15, 0.2) is 16.3 Å². The molecular weight excluding hydrogens is 164 g/mol. The van der Waals surface area contributed by atoms with Gasteiger partial charge in [0, 0.05) is 12.1 Å². The second-order valence-corrected chi connectivity index (χ2v) is 3.95. The molecule has 0 spiro atoms. The molecule has 3 nitrogen and oxygen atoms in total. The molecule has 1 N–H and O–H groups in total. The number of rotatable bonds is 0. The maximum atomic E-state index is 9.55. The van der Waals surface area contributed by atoms with Crippen molar-refractivity contribution in [2.75, 3.05) is 6.54 Å². The van der Waals surface area contributed by atoms with Crippen molar-refractivity contribution in [2.45, 2.75) is 39.3 Å². The van der Waals surface area contributed by atoms with Gasteiger partial charge in [0.25, 0.3) is 0 Å². The standard InChI is InChI=1S/C10H16N2O/c1-6-7(2)11-8(3)12-5-9(13)4-10(6)12/h7,9,13H,4-5H2,1-3H3/t7-,9+/m0/s1. The van der Waals surface area contributed by atoms with Gasteiger partial charge >= 0.3 is 0 Å². The highest BCUT2D eigenvalue weighted by Crippen LogP contribution is 2.30. The monoisotopic (exact) mass is 180 g/mol. The van der Waals surface area contributed by atoms with Gasteiger partial charge in [-0.25, -0.2) is 0 Å². The van der Waals surface area contributed by atoms with E-state index < -0.39 is 0 Å². The van der Waals surface area contributed by atoms with Crippen LogP contribution in [0.1, 0.15) is 27.2 Å². The molecule has 1 saturated heterocycles. The third kappa shape index (κ3) is 1.27. The van der Waals surface area contributed by atoms with Crippen molar-refractivity contribution in [2.24, 2.45) is 4.99 Å². The molecule has 3 heteroatoms. The summed E-state index contributed by atoms with van der Waals surface area (Å²) in [6.07, 6.45) is 0.587. The van der Waals surface area contributed by atoms with Gasteiger partial charge in [-0.15, -0.1) is 0 Å². The Morgan fingerprint density at radius 2 is 2.15 bits per heavy atom. The minimum atomic E-state index is -0.208. The molecular formula is C10H16N2O. The number of aliphatic hydroxyl groups is 1. The van der Waals surface area contributed by atoms with Crippen molar-refractivity contribution in [1.82, 2.24) is 4.90 Å². The normalized spacial score (nSPS) is 33.5. The molecule has 2 atom stereocenters. The Morgan fingerprint density at radius 3 is 2.85 bits per heavy atom. The van der Waals surface area contributed by atoms with Crippen LogP contribution >= 0.6 is 0 Å². The van der Waals surface area contributed by atoms with Crippen LogP contribution in [-0.2, 0) is 0 Å². The minimum absolute atomic E-state index is 0.208. The van der Waals surface area contributed by atoms with Crippen molar-refractivity contribution in [3.63, 3.8) is 0 Å². The molecule has 0 aromatic carbocycles. The summed E-state index contributed by atoms with van der Waals surface area (Å²) in [5.74, 6) is 1.05. The summed E-state index contributed by atoms with van der Waals surface area (Å²) in [5.41, 5.74) is 2.59. The lowest BCUT2D eigenvalue weighted by molar-refractivity contribution is 0.188. The molecule has 0 aromatic heterocycles. The van der Waals surface area contributed by atoms with Crippen LogP contribution in [-0.4, -0.2) is 34.5 Å². The van der Waals surface area contributed by atoms with Crippen LogP contribution in [0.3, 0.4) is 0 Å². The first-order valence-corrected chi connectivity index (χ1v) is 4.79. The fourth-order valence-corrected chi connectivity index (χ4v) is 2.11. The summed E-state index contributed by atoms with van der Waals surface area (Å²) < 4.78 is 0. The second kappa shape index (κ2) is 2.84. The zero-order chi connectivity index (χ0) is 9.59. The number of fused-ring (bicyclic) bond motifs is 1. The van der Waals surface area contributed by atoms with E-state index in [1.165, 1.54) is 11.3 Å². The van der Waals surface area contributed by atoms with E-state index in [2.05, 4.69) is 23.7 Å². The Hall–Kier alpha value is -0.830. The fraction of sp³-hybridized carbons (Fsp3) is 0.700. The van der Waals surface area contributed by atoms with Crippen molar-refractivity contribution >= 4 is 5.84 Å². The highest BCUT2D eigenvalue weighted by Gasteiger charge is 2.31. The summed E-state index contributed by atoms with van der Waals surface area (Å²) >= 11 is 0. The van der Waals surface area contributed by atoms with Crippen LogP contribution in [0.2, 0.25) is 0 Å². The summed E-state index contributed by atoms with van der Waals surface area (Å²) in [5, 5.41) is 9.55. The lowest BCUT2D eigenvalue weighted by atomic mass is 10.1. The summed E-state index contributed by atoms with van der Waals surface area (Å²) in [4.78, 5) is 6.65. The van der Waals surface area contributed by atoms with E-state index >= 15 is 0 Å². The molecule has 0 saturated carbocycles. The zero-order valence-electron chi connectivity index (χ0n) is 8.41. The van der Waals surface area contributed by atoms with E-state index in [1.807, 2.05) is 6.92 Å². The third-order valence-corrected chi connectivity index (χ3v) is 3.00. The number of nitrogens with zero attached hydrogens (tertiary/aromatic N) is 2. The van der Waals surface area contributed by atoms with E-state index in [4.69, 9.17) is 0 Å². The van der Waals surface area contributed by atoms with Gasteiger partial charge < -0.3 is 10.0 Å². The van der Waals surface area contributed by atoms with Gasteiger partial charge in [0.05, 0.1) is 18.7 Å². The molecule has 2 aliphatic rings. The molecule has 2 heterocycles. The number of amidine groups is 1. The van der Waals surface area contributed by atoms with Gasteiger partial charge in [-0.1, -0.05) is 0 Å². The van der Waals surface area contributed by atoms with E-state index in [0.29, 0.717) is 6.54 Å². The van der Waals surface area contributed by atoms with E-state index in [9.17, 15) is 5.11 Å². The van der Waals surface area contributed by atoms with Crippen LogP contribution in [0.25, 0.3) is 0 Å². The number of aliphatic imine (C=N–C) groups is 1. The highest BCUT2D eigenvalue weighted by atomic mass is 16.3. The van der Waals surface area contributed by atoms with Gasteiger partial charge in [-0.2, -0.15) is 0 Å². The first kappa shape index (κ1) is 8.75. The van der Waals surface area contributed by atoms with Crippen molar-refractivity contribution < 1.29 is 5.11 Å². The van der Waals surface area contributed by atoms with E-state index in [0.717, 1.165) is 12.3 Å². The molecule has 2 aliphatic heterocycles. The molecule has 2 rings (SSSR count). The third-order valence-electron chi connectivity index (χ3n) is 3.00. The Morgan fingerprint density at radius 1 is 1.46 bits per heavy atom. The summed E-state index contributed by atoms with van der Waals surface area (Å²) in [6, 6.07) is 0.288. The Balaban J connectivity index is 2.37. The van der Waals surface area contributed by atoms with Gasteiger partial charge in [-0.3, -0.25) is 4.99 Å². The Bertz CT molecular complexity index is 293. The van der Waals surface area contributed by atoms with Gasteiger partial charge in [0.1, 0.15) is 5.84 Å². The quantitative estimate of drug-likeness (QED) is 0.607. The zero-order valence-corrected chi connectivity index (χ0v) is 8.41. The Labute approximate surface area is 78.8 Å². The van der Waals surface area contributed by atoms with Crippen molar-refractivity contribution in [3.05, 3.63) is 11.3 Å². The molecule has 0 amide bonds. The smallest absolute Gasteiger partial charge is 0.101 e. The first-order valence-electron chi connectivity index (χ1n) is 4.79. The number of aliphatic hydroxyl groups excluding tert-OH is 1. The largest absolute Gasteiger partial charge is 0.391 e. The average molecular weight is 180 g/mol. The van der Waals surface area contributed by atoms with E-state index in [-0.39, 0.29) is 12.1 Å². The van der Waals surface area contributed by atoms with Crippen LogP contribution < -0.4 is 0 Å². The van der Waals surface area contributed by atoms with E-state index in [1.54, 1.807) is 0 Å². The number of hydrogen-bond acceptors (Lipinski definition) is 3. The van der Waals surface area contributed by atoms with Crippen molar-refractivity contribution in [1.29, 1.82) is 0 Å². The van der Waals surface area contributed by atoms with Crippen LogP contribution in [0.5, 0.6) is 0 Å². The van der Waals surface area contributed by atoms with Crippen LogP contribution in [0, 0.1) is 0 Å². The molecule has 0 radical (unpaired) electrons. The van der Waals surface area contributed by atoms with Crippen LogP contribution in [0.4, 0.5) is 0 Å². The highest BCUT2D eigenvalue weighted by molar-refractivity contribution is 5.83. The lowest BCUT2D eigenvalue weighted by Gasteiger charge is -2.28. The average Bonchev–Trinajstić information content (AvgIpc) is 2.44. The topological polar surface area (TPSA) is 35.8 Å². The SMILES string of the molecule is CC1=N[C@@H](C)C(C)=C2C[C@@H](O)CN12. The molecule has 72 valence electrons. The molecule has 0 unspecified atom stereocenters. The van der Waals surface area contributed by atoms with Gasteiger partial charge in [0.2, 0.25) is 0 Å². The summed E-state index contributed by atoms with van der Waals surface area (Å²) in [6.45, 7) is 6.95. The van der Waals surface area contributed by atoms with Crippen molar-refractivity contribution in [3.8, 4) is 0 Å². The lowest BCUT2D eigenvalue weighted by Crippen LogP contribution is -2.32. The molecule has 1 fully saturated rings. The summed E-state index contributed by atoms with van der Waals surface area (Å²) in [7, 11) is 0. The minimum Gasteiger partial charge on any atom is -0.391 e. The second-order valence-electron chi connectivity index (χ2n) is 3.95. The fourth-order valence-electron chi connectivity index (χ4n) is 2.11. The maximum absolute atomic E-state index is 9.55.